The molecule has 1 heterocycles. The van der Waals surface area contributed by atoms with Crippen LogP contribution in [-0.2, 0) is 13.5 Å². The first-order valence-corrected chi connectivity index (χ1v) is 7.03. The van der Waals surface area contributed by atoms with Crippen LogP contribution in [0.5, 0.6) is 0 Å². The number of aromatic nitrogens is 1. The Balaban J connectivity index is 1.98. The first-order chi connectivity index (χ1) is 10.1. The van der Waals surface area contributed by atoms with Crippen LogP contribution in [0.25, 0.3) is 10.9 Å². The predicted molar refractivity (Wildman–Crippen MR) is 82.1 cm³/mol. The number of hydrogen-bond donors (Lipinski definition) is 0. The minimum Gasteiger partial charge on any atom is -0.350 e. The lowest BCUT2D eigenvalue weighted by Gasteiger charge is -2.04. The van der Waals surface area contributed by atoms with Gasteiger partial charge in [0.2, 0.25) is 0 Å². The lowest BCUT2D eigenvalue weighted by atomic mass is 10.0. The third-order valence-electron chi connectivity index (χ3n) is 3.67. The third-order valence-corrected chi connectivity index (χ3v) is 3.98. The largest absolute Gasteiger partial charge is 0.350 e. The van der Waals surface area contributed by atoms with Crippen molar-refractivity contribution in [2.45, 2.75) is 12.8 Å². The lowest BCUT2D eigenvalue weighted by Crippen LogP contribution is -1.89. The summed E-state index contributed by atoms with van der Waals surface area (Å²) in [5.41, 5.74) is 3.21. The average molecular weight is 306 g/mol. The summed E-state index contributed by atoms with van der Waals surface area (Å²) in [6.07, 6.45) is 0.286. The minimum absolute atomic E-state index is 0.0507. The summed E-state index contributed by atoms with van der Waals surface area (Å²) in [5.74, 6) is 0. The van der Waals surface area contributed by atoms with E-state index < -0.39 is 6.43 Å². The third kappa shape index (κ3) is 2.66. The van der Waals surface area contributed by atoms with Gasteiger partial charge in [0.1, 0.15) is 0 Å². The zero-order valence-corrected chi connectivity index (χ0v) is 12.2. The predicted octanol–water partition coefficient (Wildman–Crippen LogP) is 5.36. The van der Waals surface area contributed by atoms with E-state index in [1.165, 1.54) is 12.1 Å². The summed E-state index contributed by atoms with van der Waals surface area (Å²) in [5, 5.41) is 1.74. The second-order valence-corrected chi connectivity index (χ2v) is 5.53. The van der Waals surface area contributed by atoms with Crippen LogP contribution in [0.2, 0.25) is 5.02 Å². The monoisotopic (exact) mass is 305 g/mol. The van der Waals surface area contributed by atoms with Crippen molar-refractivity contribution in [3.8, 4) is 0 Å². The minimum atomic E-state index is -2.42. The first-order valence-electron chi connectivity index (χ1n) is 6.65. The van der Waals surface area contributed by atoms with Gasteiger partial charge >= 0.3 is 0 Å². The maximum absolute atomic E-state index is 12.6. The number of hydrogen-bond acceptors (Lipinski definition) is 0. The number of nitrogens with zero attached hydrogens (tertiary/aromatic N) is 1. The quantitative estimate of drug-likeness (QED) is 0.614. The van der Waals surface area contributed by atoms with E-state index in [1.807, 2.05) is 36.0 Å². The van der Waals surface area contributed by atoms with Crippen LogP contribution < -0.4 is 0 Å². The Morgan fingerprint density at radius 1 is 1.10 bits per heavy atom. The molecule has 2 aromatic carbocycles. The molecule has 0 aliphatic carbocycles. The molecular formula is C17H14ClF2N. The molecule has 0 amide bonds. The van der Waals surface area contributed by atoms with Crippen LogP contribution in [-0.4, -0.2) is 4.57 Å². The standard InChI is InChI=1S/C17H14ClF2N/c1-21-10-13(16-14(18)3-2-4-15(16)21)9-11-5-7-12(8-6-11)17(19)20/h2-8,10,17H,9H2,1H3. The van der Waals surface area contributed by atoms with Crippen LogP contribution >= 0.6 is 11.6 Å². The normalized spacial score (nSPS) is 11.5. The lowest BCUT2D eigenvalue weighted by molar-refractivity contribution is 0.151. The molecule has 3 rings (SSSR count). The molecule has 0 atom stereocenters. The molecule has 0 saturated carbocycles. The fraction of sp³-hybridized carbons (Fsp3) is 0.176. The van der Waals surface area contributed by atoms with Crippen molar-refractivity contribution in [2.75, 3.05) is 0 Å². The smallest absolute Gasteiger partial charge is 0.263 e. The summed E-state index contributed by atoms with van der Waals surface area (Å²) in [4.78, 5) is 0. The van der Waals surface area contributed by atoms with Crippen LogP contribution in [0.15, 0.2) is 48.7 Å². The van der Waals surface area contributed by atoms with E-state index in [2.05, 4.69) is 0 Å². The van der Waals surface area contributed by atoms with E-state index in [-0.39, 0.29) is 5.56 Å². The fourth-order valence-electron chi connectivity index (χ4n) is 2.63. The van der Waals surface area contributed by atoms with E-state index in [9.17, 15) is 8.78 Å². The van der Waals surface area contributed by atoms with Gasteiger partial charge in [0.25, 0.3) is 6.43 Å². The van der Waals surface area contributed by atoms with Crippen molar-refractivity contribution >= 4 is 22.5 Å². The van der Waals surface area contributed by atoms with Gasteiger partial charge in [-0.15, -0.1) is 0 Å². The summed E-state index contributed by atoms with van der Waals surface area (Å²) >= 11 is 6.30. The van der Waals surface area contributed by atoms with Gasteiger partial charge in [-0.05, 0) is 29.7 Å². The topological polar surface area (TPSA) is 4.93 Å². The van der Waals surface area contributed by atoms with Crippen LogP contribution in [0, 0.1) is 0 Å². The van der Waals surface area contributed by atoms with Crippen LogP contribution in [0.4, 0.5) is 8.78 Å². The van der Waals surface area contributed by atoms with Gasteiger partial charge in [-0.25, -0.2) is 8.78 Å². The van der Waals surface area contributed by atoms with E-state index in [0.29, 0.717) is 11.4 Å². The molecule has 0 radical (unpaired) electrons. The van der Waals surface area contributed by atoms with E-state index in [4.69, 9.17) is 11.6 Å². The number of rotatable bonds is 3. The van der Waals surface area contributed by atoms with Crippen molar-refractivity contribution < 1.29 is 8.78 Å². The van der Waals surface area contributed by atoms with Gasteiger partial charge in [-0.1, -0.05) is 41.9 Å². The van der Waals surface area contributed by atoms with Gasteiger partial charge in [0, 0.05) is 29.7 Å². The second kappa shape index (κ2) is 5.49. The zero-order valence-electron chi connectivity index (χ0n) is 11.5. The van der Waals surface area contributed by atoms with E-state index in [1.54, 1.807) is 12.1 Å². The number of benzene rings is 2. The number of aryl methyl sites for hydroxylation is 1. The van der Waals surface area contributed by atoms with Gasteiger partial charge in [0.05, 0.1) is 5.02 Å². The van der Waals surface area contributed by atoms with E-state index >= 15 is 0 Å². The summed E-state index contributed by atoms with van der Waals surface area (Å²) in [7, 11) is 1.97. The fourth-order valence-corrected chi connectivity index (χ4v) is 2.92. The van der Waals surface area contributed by atoms with Crippen molar-refractivity contribution in [2.24, 2.45) is 7.05 Å². The number of alkyl halides is 2. The van der Waals surface area contributed by atoms with Gasteiger partial charge in [-0.2, -0.15) is 0 Å². The Morgan fingerprint density at radius 2 is 1.81 bits per heavy atom. The average Bonchev–Trinajstić information content (AvgIpc) is 2.77. The molecule has 0 bridgehead atoms. The van der Waals surface area contributed by atoms with E-state index in [0.717, 1.165) is 22.0 Å². The molecule has 4 heteroatoms. The zero-order chi connectivity index (χ0) is 15.0. The number of halogens is 3. The highest BCUT2D eigenvalue weighted by molar-refractivity contribution is 6.35. The Morgan fingerprint density at radius 3 is 2.48 bits per heavy atom. The molecule has 1 aromatic heterocycles. The molecule has 0 unspecified atom stereocenters. The molecule has 0 N–H and O–H groups in total. The molecule has 0 aliphatic rings. The molecule has 1 nitrogen and oxygen atoms in total. The second-order valence-electron chi connectivity index (χ2n) is 5.12. The molecule has 0 saturated heterocycles. The summed E-state index contributed by atoms with van der Waals surface area (Å²) < 4.78 is 27.2. The summed E-state index contributed by atoms with van der Waals surface area (Å²) in [6, 6.07) is 12.3. The Kier molecular flexibility index (Phi) is 3.68. The number of fused-ring (bicyclic) bond motifs is 1. The molecule has 21 heavy (non-hydrogen) atoms. The van der Waals surface area contributed by atoms with Gasteiger partial charge < -0.3 is 4.57 Å². The SMILES string of the molecule is Cn1cc(Cc2ccc(C(F)F)cc2)c2c(Cl)cccc21. The molecule has 108 valence electrons. The Hall–Kier alpha value is -1.87. The van der Waals surface area contributed by atoms with Crippen LogP contribution in [0.3, 0.4) is 0 Å². The van der Waals surface area contributed by atoms with Crippen molar-refractivity contribution in [1.29, 1.82) is 0 Å². The summed E-state index contributed by atoms with van der Waals surface area (Å²) in [6.45, 7) is 0. The maximum atomic E-state index is 12.6. The van der Waals surface area contributed by atoms with Gasteiger partial charge in [0.15, 0.2) is 0 Å². The molecule has 0 fully saturated rings. The molecular weight excluding hydrogens is 292 g/mol. The Labute approximate surface area is 126 Å². The molecule has 0 aliphatic heterocycles. The Bertz CT molecular complexity index is 775. The van der Waals surface area contributed by atoms with Gasteiger partial charge in [-0.3, -0.25) is 0 Å². The van der Waals surface area contributed by atoms with Crippen molar-refractivity contribution in [1.82, 2.24) is 4.57 Å². The van der Waals surface area contributed by atoms with Crippen molar-refractivity contribution in [3.05, 3.63) is 70.4 Å². The highest BCUT2D eigenvalue weighted by Crippen LogP contribution is 2.30. The van der Waals surface area contributed by atoms with Crippen LogP contribution in [0.1, 0.15) is 23.1 Å². The van der Waals surface area contributed by atoms with Crippen molar-refractivity contribution in [3.63, 3.8) is 0 Å². The highest BCUT2D eigenvalue weighted by atomic mass is 35.5. The maximum Gasteiger partial charge on any atom is 0.263 e. The molecule has 3 aromatic rings. The first kappa shape index (κ1) is 14.1. The highest BCUT2D eigenvalue weighted by Gasteiger charge is 2.11. The molecule has 0 spiro atoms.